The fourth-order valence-corrected chi connectivity index (χ4v) is 2.32. The molecule has 0 aliphatic rings. The number of para-hydroxylation sites is 1. The van der Waals surface area contributed by atoms with E-state index in [1.807, 2.05) is 18.2 Å². The average molecular weight is 378 g/mol. The lowest BCUT2D eigenvalue weighted by Gasteiger charge is -2.14. The van der Waals surface area contributed by atoms with Gasteiger partial charge in [-0.2, -0.15) is 0 Å². The van der Waals surface area contributed by atoms with Crippen molar-refractivity contribution in [2.24, 2.45) is 0 Å². The molecule has 0 aromatic heterocycles. The van der Waals surface area contributed by atoms with Gasteiger partial charge in [0.05, 0.1) is 25.2 Å². The molecule has 0 saturated carbocycles. The van der Waals surface area contributed by atoms with Crippen LogP contribution in [0.3, 0.4) is 0 Å². The molecule has 0 spiro atoms. The molecule has 1 N–H and O–H groups in total. The highest BCUT2D eigenvalue weighted by atomic mass is 35.5. The summed E-state index contributed by atoms with van der Waals surface area (Å²) in [6.07, 6.45) is -0.902. The van der Waals surface area contributed by atoms with Gasteiger partial charge in [0.25, 0.3) is 5.91 Å². The summed E-state index contributed by atoms with van der Waals surface area (Å²) in [5.74, 6) is 0.199. The van der Waals surface area contributed by atoms with Crippen LogP contribution in [0.1, 0.15) is 13.3 Å². The summed E-state index contributed by atoms with van der Waals surface area (Å²) in [6, 6.07) is 14.0. The van der Waals surface area contributed by atoms with E-state index in [2.05, 4.69) is 5.32 Å². The van der Waals surface area contributed by atoms with Gasteiger partial charge in [0, 0.05) is 5.69 Å². The summed E-state index contributed by atoms with van der Waals surface area (Å²) < 4.78 is 15.6. The number of benzene rings is 2. The van der Waals surface area contributed by atoms with E-state index in [4.69, 9.17) is 25.8 Å². The minimum absolute atomic E-state index is 0.0425. The molecule has 1 amide bonds. The Morgan fingerprint density at radius 2 is 1.88 bits per heavy atom. The molecule has 6 nitrogen and oxygen atoms in total. The lowest BCUT2D eigenvalue weighted by Crippen LogP contribution is -2.30. The van der Waals surface area contributed by atoms with E-state index in [0.717, 1.165) is 0 Å². The fourth-order valence-electron chi connectivity index (χ4n) is 2.07. The van der Waals surface area contributed by atoms with Crippen LogP contribution in [-0.2, 0) is 14.3 Å². The number of methoxy groups -OCH3 is 1. The van der Waals surface area contributed by atoms with E-state index in [9.17, 15) is 9.59 Å². The quantitative estimate of drug-likeness (QED) is 0.710. The molecule has 2 aromatic rings. The summed E-state index contributed by atoms with van der Waals surface area (Å²) in [6.45, 7) is 1.67. The number of anilines is 1. The van der Waals surface area contributed by atoms with E-state index < -0.39 is 18.0 Å². The number of carbonyl (C=O) groups is 2. The van der Waals surface area contributed by atoms with Crippen LogP contribution in [-0.4, -0.2) is 31.7 Å². The smallest absolute Gasteiger partial charge is 0.310 e. The Morgan fingerprint density at radius 3 is 2.54 bits per heavy atom. The Kier molecular flexibility index (Phi) is 7.29. The van der Waals surface area contributed by atoms with Gasteiger partial charge in [0.2, 0.25) is 0 Å². The van der Waals surface area contributed by atoms with Crippen molar-refractivity contribution in [3.63, 3.8) is 0 Å². The van der Waals surface area contributed by atoms with Crippen LogP contribution in [0.15, 0.2) is 48.5 Å². The summed E-state index contributed by atoms with van der Waals surface area (Å²) in [7, 11) is 1.50. The number of ether oxygens (including phenoxy) is 3. The van der Waals surface area contributed by atoms with Gasteiger partial charge in [-0.1, -0.05) is 29.8 Å². The van der Waals surface area contributed by atoms with Gasteiger partial charge in [-0.05, 0) is 37.3 Å². The predicted octanol–water partition coefficient (Wildman–Crippen LogP) is 3.69. The van der Waals surface area contributed by atoms with Crippen LogP contribution in [0.4, 0.5) is 5.69 Å². The predicted molar refractivity (Wildman–Crippen MR) is 98.7 cm³/mol. The zero-order valence-electron chi connectivity index (χ0n) is 14.5. The van der Waals surface area contributed by atoms with Crippen molar-refractivity contribution in [2.45, 2.75) is 19.4 Å². The Bertz CT molecular complexity index is 751. The lowest BCUT2D eigenvalue weighted by molar-refractivity contribution is -0.153. The van der Waals surface area contributed by atoms with Crippen molar-refractivity contribution in [1.82, 2.24) is 0 Å². The Labute approximate surface area is 157 Å². The molecule has 26 heavy (non-hydrogen) atoms. The van der Waals surface area contributed by atoms with Crippen molar-refractivity contribution in [1.29, 1.82) is 0 Å². The molecule has 0 fully saturated rings. The molecule has 7 heteroatoms. The topological polar surface area (TPSA) is 73.9 Å². The maximum Gasteiger partial charge on any atom is 0.310 e. The zero-order valence-corrected chi connectivity index (χ0v) is 15.3. The van der Waals surface area contributed by atoms with Gasteiger partial charge >= 0.3 is 5.97 Å². The normalized spacial score (nSPS) is 11.3. The number of hydrogen-bond acceptors (Lipinski definition) is 5. The van der Waals surface area contributed by atoms with Gasteiger partial charge in [0.1, 0.15) is 11.5 Å². The Balaban J connectivity index is 1.77. The van der Waals surface area contributed by atoms with Crippen LogP contribution in [0.25, 0.3) is 0 Å². The summed E-state index contributed by atoms with van der Waals surface area (Å²) in [5.41, 5.74) is 0.483. The molecule has 0 radical (unpaired) electrons. The minimum Gasteiger partial charge on any atom is -0.495 e. The van der Waals surface area contributed by atoms with Crippen LogP contribution >= 0.6 is 11.6 Å². The summed E-state index contributed by atoms with van der Waals surface area (Å²) in [5, 5.41) is 3.00. The second-order valence-electron chi connectivity index (χ2n) is 5.38. The van der Waals surface area contributed by atoms with Crippen LogP contribution in [0.5, 0.6) is 11.5 Å². The van der Waals surface area contributed by atoms with Gasteiger partial charge in [-0.15, -0.1) is 0 Å². The van der Waals surface area contributed by atoms with Gasteiger partial charge in [0.15, 0.2) is 6.10 Å². The SMILES string of the molecule is COc1ccc(NC(=O)[C@@H](C)OC(=O)CCOc2ccccc2)cc1Cl. The second kappa shape index (κ2) is 9.68. The van der Waals surface area contributed by atoms with Crippen molar-refractivity contribution >= 4 is 29.2 Å². The molecule has 2 rings (SSSR count). The number of esters is 1. The van der Waals surface area contributed by atoms with Gasteiger partial charge in [-0.25, -0.2) is 0 Å². The number of amides is 1. The fraction of sp³-hybridized carbons (Fsp3) is 0.263. The van der Waals surface area contributed by atoms with E-state index >= 15 is 0 Å². The van der Waals surface area contributed by atoms with Crippen molar-refractivity contribution in [3.8, 4) is 11.5 Å². The van der Waals surface area contributed by atoms with Crippen LogP contribution in [0, 0.1) is 0 Å². The molecular weight excluding hydrogens is 358 g/mol. The minimum atomic E-state index is -0.944. The molecule has 0 heterocycles. The average Bonchev–Trinajstić information content (AvgIpc) is 2.62. The molecule has 0 aliphatic heterocycles. The maximum atomic E-state index is 12.1. The highest BCUT2D eigenvalue weighted by Gasteiger charge is 2.18. The summed E-state index contributed by atoms with van der Waals surface area (Å²) >= 11 is 6.01. The van der Waals surface area contributed by atoms with Crippen molar-refractivity contribution < 1.29 is 23.8 Å². The number of rotatable bonds is 8. The first kappa shape index (κ1) is 19.6. The van der Waals surface area contributed by atoms with E-state index in [0.29, 0.717) is 22.2 Å². The zero-order chi connectivity index (χ0) is 18.9. The highest BCUT2D eigenvalue weighted by Crippen LogP contribution is 2.27. The highest BCUT2D eigenvalue weighted by molar-refractivity contribution is 6.32. The molecule has 0 saturated heterocycles. The standard InChI is InChI=1S/C19H20ClNO5/c1-13(19(23)21-14-8-9-17(24-2)16(20)12-14)26-18(22)10-11-25-15-6-4-3-5-7-15/h3-9,12-13H,10-11H2,1-2H3,(H,21,23)/t13-/m1/s1. The van der Waals surface area contributed by atoms with Crippen molar-refractivity contribution in [3.05, 3.63) is 53.6 Å². The first-order valence-corrected chi connectivity index (χ1v) is 8.39. The molecule has 0 unspecified atom stereocenters. The molecule has 0 bridgehead atoms. The third-order valence-corrected chi connectivity index (χ3v) is 3.71. The summed E-state index contributed by atoms with van der Waals surface area (Å²) in [4.78, 5) is 23.9. The third kappa shape index (κ3) is 5.97. The van der Waals surface area contributed by atoms with E-state index in [1.54, 1.807) is 30.3 Å². The molecular formula is C19H20ClNO5. The first-order chi connectivity index (χ1) is 12.5. The number of carbonyl (C=O) groups excluding carboxylic acids is 2. The molecule has 138 valence electrons. The maximum absolute atomic E-state index is 12.1. The largest absolute Gasteiger partial charge is 0.495 e. The number of nitrogens with one attached hydrogen (secondary N) is 1. The van der Waals surface area contributed by atoms with Crippen LogP contribution < -0.4 is 14.8 Å². The van der Waals surface area contributed by atoms with Gasteiger partial charge in [-0.3, -0.25) is 9.59 Å². The number of halogens is 1. The van der Waals surface area contributed by atoms with Crippen molar-refractivity contribution in [2.75, 3.05) is 19.0 Å². The molecule has 0 aliphatic carbocycles. The number of hydrogen-bond donors (Lipinski definition) is 1. The molecule has 2 aromatic carbocycles. The van der Waals surface area contributed by atoms with Crippen LogP contribution in [0.2, 0.25) is 5.02 Å². The lowest BCUT2D eigenvalue weighted by atomic mass is 10.2. The second-order valence-corrected chi connectivity index (χ2v) is 5.79. The van der Waals surface area contributed by atoms with E-state index in [-0.39, 0.29) is 13.0 Å². The Hall–Kier alpha value is -2.73. The van der Waals surface area contributed by atoms with Gasteiger partial charge < -0.3 is 19.5 Å². The Morgan fingerprint density at radius 1 is 1.15 bits per heavy atom. The van der Waals surface area contributed by atoms with E-state index in [1.165, 1.54) is 14.0 Å². The molecule has 1 atom stereocenters. The monoisotopic (exact) mass is 377 g/mol. The first-order valence-electron chi connectivity index (χ1n) is 8.01. The third-order valence-electron chi connectivity index (χ3n) is 3.41.